The predicted molar refractivity (Wildman–Crippen MR) is 137 cm³/mol. The summed E-state index contributed by atoms with van der Waals surface area (Å²) < 4.78 is 0. The van der Waals surface area contributed by atoms with Crippen molar-refractivity contribution in [3.05, 3.63) is 0 Å². The van der Waals surface area contributed by atoms with Gasteiger partial charge in [0.15, 0.2) is 0 Å². The van der Waals surface area contributed by atoms with Crippen LogP contribution in [0, 0.1) is 5.41 Å². The van der Waals surface area contributed by atoms with E-state index in [1.165, 1.54) is 6.04 Å². The Morgan fingerprint density at radius 1 is 0.560 bits per heavy atom. The van der Waals surface area contributed by atoms with Crippen LogP contribution in [0.4, 0.5) is 0 Å². The van der Waals surface area contributed by atoms with Crippen molar-refractivity contribution in [2.75, 3.05) is 0 Å². The van der Waals surface area contributed by atoms with Crippen LogP contribution in [-0.2, 0) is 0 Å². The molecule has 0 bridgehead atoms. The van der Waals surface area contributed by atoms with E-state index in [9.17, 15) is 0 Å². The van der Waals surface area contributed by atoms with E-state index < -0.39 is 39.9 Å². The van der Waals surface area contributed by atoms with Crippen molar-refractivity contribution >= 4 is 49.6 Å². The van der Waals surface area contributed by atoms with Gasteiger partial charge in [-0.2, -0.15) is 7.59 Å². The van der Waals surface area contributed by atoms with E-state index in [0.29, 0.717) is 5.41 Å². The Balaban J connectivity index is 6.84. The third-order valence-electron chi connectivity index (χ3n) is 5.32. The zero-order chi connectivity index (χ0) is 20.9. The molecular weight excluding hydrogens is 397 g/mol. The molecule has 0 atom stereocenters. The van der Waals surface area contributed by atoms with E-state index >= 15 is 0 Å². The Hall–Kier alpha value is 1.30. The summed E-state index contributed by atoms with van der Waals surface area (Å²) in [6, 6.07) is 1.45. The maximum absolute atomic E-state index is 4.84. The fourth-order valence-electron chi connectivity index (χ4n) is 6.94. The van der Waals surface area contributed by atoms with Crippen molar-refractivity contribution in [3.8, 4) is 0 Å². The molecule has 0 saturated carbocycles. The molecule has 0 aliphatic carbocycles. The molecule has 0 aliphatic heterocycles. The van der Waals surface area contributed by atoms with E-state index in [1.807, 2.05) is 0 Å². The Morgan fingerprint density at radius 3 is 0.880 bits per heavy atom. The minimum absolute atomic E-state index is 0.420. The van der Waals surface area contributed by atoms with Gasteiger partial charge in [0, 0.05) is 32.3 Å². The highest BCUT2D eigenvalue weighted by Crippen LogP contribution is 2.54. The minimum Gasteiger partial charge on any atom is -0.672 e. The summed E-state index contributed by atoms with van der Waals surface area (Å²) in [6.07, 6.45) is 0. The van der Waals surface area contributed by atoms with Crippen LogP contribution >= 0.6 is 0 Å². The molecule has 0 saturated heterocycles. The van der Waals surface area contributed by atoms with Crippen molar-refractivity contribution in [2.45, 2.75) is 115 Å². The van der Waals surface area contributed by atoms with E-state index in [2.05, 4.69) is 99.3 Å². The maximum Gasteiger partial charge on any atom is 0.0393 e. The predicted octanol–water partition coefficient (Wildman–Crippen LogP) is 7.40. The molecule has 150 valence electrons. The molecule has 0 aromatic rings. The molecule has 2 radical (unpaired) electrons. The molecule has 0 aromatic carbocycles. The maximum atomic E-state index is 4.84. The molecule has 0 heterocycles. The Labute approximate surface area is 169 Å². The molecule has 0 spiro atoms. The monoisotopic (exact) mass is 445 g/mol. The van der Waals surface area contributed by atoms with Gasteiger partial charge in [-0.25, -0.2) is 0 Å². The van der Waals surface area contributed by atoms with Crippen molar-refractivity contribution in [1.29, 1.82) is 0 Å². The lowest BCUT2D eigenvalue weighted by Crippen LogP contribution is -2.70. The van der Waals surface area contributed by atoms with Gasteiger partial charge < -0.3 is 9.76 Å². The Kier molecular flexibility index (Phi) is 8.01. The fourth-order valence-corrected chi connectivity index (χ4v) is 77.3. The molecule has 25 heavy (non-hydrogen) atoms. The second-order valence-electron chi connectivity index (χ2n) is 14.1. The highest BCUT2D eigenvalue weighted by atomic mass is 29.2. The third-order valence-corrected chi connectivity index (χ3v) is 48.6. The summed E-state index contributed by atoms with van der Waals surface area (Å²) >= 11 is 0. The quantitative estimate of drug-likeness (QED) is 0.358. The first-order chi connectivity index (χ1) is 10.4. The van der Waals surface area contributed by atoms with Crippen LogP contribution < -0.4 is 0 Å². The normalized spacial score (nSPS) is 16.1. The molecule has 0 unspecified atom stereocenters. The lowest BCUT2D eigenvalue weighted by atomic mass is 10.0. The molecule has 0 rings (SSSR count). The van der Waals surface area contributed by atoms with Gasteiger partial charge in [0.05, 0.1) is 0 Å². The van der Waals surface area contributed by atoms with Gasteiger partial charge in [-0.3, -0.25) is 0 Å². The second-order valence-corrected chi connectivity index (χ2v) is 45.2. The summed E-state index contributed by atoms with van der Waals surface area (Å²) in [5.41, 5.74) is 0.420. The smallest absolute Gasteiger partial charge is 0.0393 e. The van der Waals surface area contributed by atoms with E-state index in [-0.39, 0.29) is 0 Å². The average Bonchev–Trinajstić information content (AvgIpc) is 1.98. The summed E-state index contributed by atoms with van der Waals surface area (Å²) in [4.78, 5) is 2.07. The SMILES string of the molecule is CC(C)(C)C[Si]([Si-])(C([Si](C)(C)C)[Si](C)(C)C)C([Si](C)(C)C)[Si](C)(C)C. The lowest BCUT2D eigenvalue weighted by Gasteiger charge is -2.68. The summed E-state index contributed by atoms with van der Waals surface area (Å²) in [5.74, 6) is 0. The Morgan fingerprint density at radius 2 is 0.760 bits per heavy atom. The zero-order valence-corrected chi connectivity index (χ0v) is 26.4. The van der Waals surface area contributed by atoms with Crippen LogP contribution in [0.2, 0.25) is 94.2 Å². The van der Waals surface area contributed by atoms with Crippen LogP contribution in [0.1, 0.15) is 20.8 Å². The first kappa shape index (κ1) is 26.3. The number of rotatable bonds is 7. The van der Waals surface area contributed by atoms with Gasteiger partial charge in [-0.1, -0.05) is 115 Å². The average molecular weight is 446 g/mol. The van der Waals surface area contributed by atoms with Crippen molar-refractivity contribution in [2.24, 2.45) is 5.41 Å². The fraction of sp³-hybridized carbons (Fsp3) is 1.00. The highest BCUT2D eigenvalue weighted by molar-refractivity contribution is 7.37. The van der Waals surface area contributed by atoms with E-state index in [1.54, 1.807) is 0 Å². The van der Waals surface area contributed by atoms with Crippen LogP contribution in [0.25, 0.3) is 0 Å². The second kappa shape index (κ2) is 7.61. The van der Waals surface area contributed by atoms with E-state index in [4.69, 9.17) is 9.76 Å². The molecule has 0 amide bonds. The van der Waals surface area contributed by atoms with Gasteiger partial charge >= 0.3 is 0 Å². The summed E-state index contributed by atoms with van der Waals surface area (Å²) in [7, 11) is -1.82. The molecule has 0 fully saturated rings. The van der Waals surface area contributed by atoms with Crippen LogP contribution in [-0.4, -0.2) is 49.6 Å². The highest BCUT2D eigenvalue weighted by Gasteiger charge is 2.53. The molecule has 0 aliphatic rings. The van der Waals surface area contributed by atoms with Crippen LogP contribution in [0.15, 0.2) is 0 Å². The van der Waals surface area contributed by atoms with Crippen molar-refractivity contribution < 1.29 is 0 Å². The first-order valence-electron chi connectivity index (χ1n) is 10.2. The zero-order valence-electron chi connectivity index (χ0n) is 20.4. The van der Waals surface area contributed by atoms with Crippen molar-refractivity contribution in [3.63, 3.8) is 0 Å². The van der Waals surface area contributed by atoms with Crippen molar-refractivity contribution in [1.82, 2.24) is 0 Å². The molecule has 0 nitrogen and oxygen atoms in total. The summed E-state index contributed by atoms with van der Waals surface area (Å²) in [6.45, 7) is 39.5. The number of hydrogen-bond acceptors (Lipinski definition) is 0. The van der Waals surface area contributed by atoms with E-state index in [0.717, 1.165) is 9.58 Å². The van der Waals surface area contributed by atoms with Gasteiger partial charge in [0.1, 0.15) is 0 Å². The van der Waals surface area contributed by atoms with Crippen LogP contribution in [0.5, 0.6) is 0 Å². The summed E-state index contributed by atoms with van der Waals surface area (Å²) in [5, 5.41) is 0. The lowest BCUT2D eigenvalue weighted by molar-refractivity contribution is 0.461. The van der Waals surface area contributed by atoms with Gasteiger partial charge in [0.2, 0.25) is 0 Å². The molecule has 0 N–H and O–H groups in total. The third kappa shape index (κ3) is 7.33. The first-order valence-corrected chi connectivity index (χ1v) is 28.4. The topological polar surface area (TPSA) is 0 Å². The number of hydrogen-bond donors (Lipinski definition) is 0. The molecule has 6 heteroatoms. The minimum atomic E-state index is -1.63. The molecular formula is C19H49Si6-. The van der Waals surface area contributed by atoms with Gasteiger partial charge in [0.25, 0.3) is 0 Å². The standard InChI is InChI=1S/C19H49Si6/c1-19(2,3)16-25(20,17(21(4,5)6)22(7,8)9)18(23(10,11)12)24(13,14)15/h17-18H,16H2,1-15H3/q-1. The van der Waals surface area contributed by atoms with Crippen LogP contribution in [0.3, 0.4) is 0 Å². The Bertz CT molecular complexity index is 377. The molecule has 0 aromatic heterocycles. The largest absolute Gasteiger partial charge is 0.672 e. The van der Waals surface area contributed by atoms with Gasteiger partial charge in [-0.05, 0) is 5.41 Å². The van der Waals surface area contributed by atoms with Gasteiger partial charge in [-0.15, -0.1) is 0 Å².